The van der Waals surface area contributed by atoms with Crippen molar-refractivity contribution in [3.05, 3.63) is 29.8 Å². The molecule has 2 fully saturated rings. The number of amides is 1. The van der Waals surface area contributed by atoms with Gasteiger partial charge >= 0.3 is 0 Å². The molecule has 0 radical (unpaired) electrons. The summed E-state index contributed by atoms with van der Waals surface area (Å²) < 4.78 is 25.9. The minimum atomic E-state index is -3.53. The van der Waals surface area contributed by atoms with Gasteiger partial charge in [0.1, 0.15) is 0 Å². The van der Waals surface area contributed by atoms with E-state index in [-0.39, 0.29) is 16.8 Å². The van der Waals surface area contributed by atoms with Gasteiger partial charge in [-0.1, -0.05) is 6.07 Å². The van der Waals surface area contributed by atoms with Crippen molar-refractivity contribution >= 4 is 15.9 Å². The number of benzene rings is 1. The fourth-order valence-electron chi connectivity index (χ4n) is 3.04. The Kier molecular flexibility index (Phi) is 4.70. The van der Waals surface area contributed by atoms with Gasteiger partial charge in [-0.15, -0.1) is 0 Å². The average Bonchev–Trinajstić information content (AvgIpc) is 3.40. The number of nitrogens with zero attached hydrogens (tertiary/aromatic N) is 1. The van der Waals surface area contributed by atoms with E-state index in [9.17, 15) is 13.2 Å². The maximum absolute atomic E-state index is 12.4. The highest BCUT2D eigenvalue weighted by Gasteiger charge is 2.32. The number of likely N-dealkylation sites (tertiary alicyclic amines) is 1. The number of hydrogen-bond donors (Lipinski definition) is 2. The van der Waals surface area contributed by atoms with Crippen molar-refractivity contribution in [2.75, 3.05) is 20.1 Å². The molecule has 1 aliphatic carbocycles. The fraction of sp³-hybridized carbons (Fsp3) is 0.562. The third-order valence-corrected chi connectivity index (χ3v) is 6.02. The first-order chi connectivity index (χ1) is 11.0. The monoisotopic (exact) mass is 337 g/mol. The van der Waals surface area contributed by atoms with Crippen LogP contribution < -0.4 is 10.0 Å². The van der Waals surface area contributed by atoms with Gasteiger partial charge in [-0.3, -0.25) is 4.79 Å². The smallest absolute Gasteiger partial charge is 0.251 e. The van der Waals surface area contributed by atoms with Crippen LogP contribution in [-0.4, -0.2) is 51.4 Å². The molecule has 1 saturated carbocycles. The number of hydrogen-bond acceptors (Lipinski definition) is 4. The van der Waals surface area contributed by atoms with Crippen molar-refractivity contribution in [1.82, 2.24) is 14.9 Å². The first-order valence-electron chi connectivity index (χ1n) is 8.08. The summed E-state index contributed by atoms with van der Waals surface area (Å²) in [6, 6.07) is 7.08. The molecule has 0 aromatic heterocycles. The zero-order valence-electron chi connectivity index (χ0n) is 13.3. The molecule has 7 heteroatoms. The summed E-state index contributed by atoms with van der Waals surface area (Å²) in [5.74, 6) is -0.206. The number of carbonyl (C=O) groups is 1. The molecular weight excluding hydrogens is 314 g/mol. The maximum Gasteiger partial charge on any atom is 0.251 e. The Morgan fingerprint density at radius 1 is 1.17 bits per heavy atom. The van der Waals surface area contributed by atoms with Gasteiger partial charge in [-0.25, -0.2) is 13.1 Å². The molecule has 2 N–H and O–H groups in total. The second kappa shape index (κ2) is 6.59. The van der Waals surface area contributed by atoms with Gasteiger partial charge in [-0.2, -0.15) is 0 Å². The predicted octanol–water partition coefficient (Wildman–Crippen LogP) is 0.951. The molecule has 23 heavy (non-hydrogen) atoms. The highest BCUT2D eigenvalue weighted by atomic mass is 32.2. The summed E-state index contributed by atoms with van der Waals surface area (Å²) in [5.41, 5.74) is 0.381. The highest BCUT2D eigenvalue weighted by molar-refractivity contribution is 7.89. The molecule has 0 bridgehead atoms. The molecule has 1 heterocycles. The summed E-state index contributed by atoms with van der Waals surface area (Å²) in [6.45, 7) is 2.06. The molecule has 6 nitrogen and oxygen atoms in total. The second-order valence-corrected chi connectivity index (χ2v) is 8.14. The Hall–Kier alpha value is -1.44. The number of piperidine rings is 1. The second-order valence-electron chi connectivity index (χ2n) is 6.25. The van der Waals surface area contributed by atoms with E-state index in [4.69, 9.17) is 0 Å². The normalized spacial score (nSPS) is 20.4. The first-order valence-corrected chi connectivity index (χ1v) is 9.56. The van der Waals surface area contributed by atoms with Gasteiger partial charge in [0.25, 0.3) is 5.91 Å². The molecule has 0 spiro atoms. The molecule has 126 valence electrons. The van der Waals surface area contributed by atoms with Crippen LogP contribution in [0.4, 0.5) is 0 Å². The molecule has 0 unspecified atom stereocenters. The Bertz CT molecular complexity index is 678. The highest BCUT2D eigenvalue weighted by Crippen LogP contribution is 2.29. The summed E-state index contributed by atoms with van der Waals surface area (Å²) in [7, 11) is -2.18. The maximum atomic E-state index is 12.4. The van der Waals surface area contributed by atoms with E-state index in [0.717, 1.165) is 32.0 Å². The first kappa shape index (κ1) is 16.4. The average molecular weight is 337 g/mol. The number of sulfonamides is 1. The van der Waals surface area contributed by atoms with Crippen LogP contribution in [0, 0.1) is 0 Å². The molecular formula is C16H23N3O3S. The van der Waals surface area contributed by atoms with Gasteiger partial charge in [0.15, 0.2) is 0 Å². The van der Waals surface area contributed by atoms with Crippen LogP contribution in [0.15, 0.2) is 29.2 Å². The molecule has 1 saturated heterocycles. The Morgan fingerprint density at radius 2 is 1.87 bits per heavy atom. The minimum Gasteiger partial charge on any atom is -0.349 e. The summed E-state index contributed by atoms with van der Waals surface area (Å²) in [4.78, 5) is 15.0. The Morgan fingerprint density at radius 3 is 2.48 bits per heavy atom. The summed E-state index contributed by atoms with van der Waals surface area (Å²) in [5, 5.41) is 3.03. The minimum absolute atomic E-state index is 0.108. The van der Waals surface area contributed by atoms with Gasteiger partial charge in [0.05, 0.1) is 4.90 Å². The van der Waals surface area contributed by atoms with E-state index < -0.39 is 10.0 Å². The van der Waals surface area contributed by atoms with Crippen molar-refractivity contribution < 1.29 is 13.2 Å². The van der Waals surface area contributed by atoms with Gasteiger partial charge in [0, 0.05) is 30.7 Å². The van der Waals surface area contributed by atoms with Crippen LogP contribution in [-0.2, 0) is 10.0 Å². The molecule has 1 aromatic rings. The SMILES string of the molecule is CNS(=O)(=O)c1cccc(C(=O)NC2CCN(C3CC3)CC2)c1. The third kappa shape index (κ3) is 3.91. The van der Waals surface area contributed by atoms with E-state index in [1.54, 1.807) is 12.1 Å². The van der Waals surface area contributed by atoms with Crippen LogP contribution in [0.3, 0.4) is 0 Å². The quantitative estimate of drug-likeness (QED) is 0.839. The number of nitrogens with one attached hydrogen (secondary N) is 2. The van der Waals surface area contributed by atoms with Crippen LogP contribution in [0.25, 0.3) is 0 Å². The summed E-state index contributed by atoms with van der Waals surface area (Å²) in [6.07, 6.45) is 4.53. The third-order valence-electron chi connectivity index (χ3n) is 4.60. The van der Waals surface area contributed by atoms with E-state index in [1.807, 2.05) is 0 Å². The zero-order valence-corrected chi connectivity index (χ0v) is 14.1. The number of carbonyl (C=O) groups excluding carboxylic acids is 1. The fourth-order valence-corrected chi connectivity index (χ4v) is 3.82. The molecule has 1 aromatic carbocycles. The number of rotatable bonds is 5. The van der Waals surface area contributed by atoms with E-state index in [1.165, 1.54) is 32.0 Å². The molecule has 2 aliphatic rings. The van der Waals surface area contributed by atoms with Crippen LogP contribution in [0.5, 0.6) is 0 Å². The van der Waals surface area contributed by atoms with Crippen LogP contribution in [0.1, 0.15) is 36.0 Å². The van der Waals surface area contributed by atoms with Crippen LogP contribution >= 0.6 is 0 Å². The van der Waals surface area contributed by atoms with E-state index in [0.29, 0.717) is 5.56 Å². The lowest BCUT2D eigenvalue weighted by Gasteiger charge is -2.32. The van der Waals surface area contributed by atoms with Gasteiger partial charge < -0.3 is 10.2 Å². The zero-order chi connectivity index (χ0) is 16.4. The van der Waals surface area contributed by atoms with E-state index in [2.05, 4.69) is 14.9 Å². The van der Waals surface area contributed by atoms with E-state index >= 15 is 0 Å². The molecule has 0 atom stereocenters. The molecule has 1 aliphatic heterocycles. The van der Waals surface area contributed by atoms with Gasteiger partial charge in [0.2, 0.25) is 10.0 Å². The Labute approximate surface area is 137 Å². The molecule has 1 amide bonds. The lowest BCUT2D eigenvalue weighted by atomic mass is 10.0. The standard InChI is InChI=1S/C16H23N3O3S/c1-17-23(21,22)15-4-2-3-12(11-15)16(20)18-13-7-9-19(10-8-13)14-5-6-14/h2-4,11,13-14,17H,5-10H2,1H3,(H,18,20). The van der Waals surface area contributed by atoms with Crippen molar-refractivity contribution in [2.45, 2.75) is 42.7 Å². The molecule has 3 rings (SSSR count). The Balaban J connectivity index is 1.61. The van der Waals surface area contributed by atoms with Crippen molar-refractivity contribution in [3.63, 3.8) is 0 Å². The van der Waals surface area contributed by atoms with Crippen molar-refractivity contribution in [3.8, 4) is 0 Å². The van der Waals surface area contributed by atoms with Crippen molar-refractivity contribution in [2.24, 2.45) is 0 Å². The lowest BCUT2D eigenvalue weighted by Crippen LogP contribution is -2.45. The topological polar surface area (TPSA) is 78.5 Å². The van der Waals surface area contributed by atoms with Gasteiger partial charge in [-0.05, 0) is 50.9 Å². The summed E-state index contributed by atoms with van der Waals surface area (Å²) >= 11 is 0. The largest absolute Gasteiger partial charge is 0.349 e. The lowest BCUT2D eigenvalue weighted by molar-refractivity contribution is 0.0909. The predicted molar refractivity (Wildman–Crippen MR) is 87.8 cm³/mol. The van der Waals surface area contributed by atoms with Crippen molar-refractivity contribution in [1.29, 1.82) is 0 Å². The van der Waals surface area contributed by atoms with Crippen LogP contribution in [0.2, 0.25) is 0 Å².